The maximum atomic E-state index is 13.8. The zero-order chi connectivity index (χ0) is 34.1. The van der Waals surface area contributed by atoms with Crippen LogP contribution in [0.3, 0.4) is 0 Å². The first-order valence-electron chi connectivity index (χ1n) is 13.5. The van der Waals surface area contributed by atoms with Gasteiger partial charge in [0.15, 0.2) is 0 Å². The Balaban J connectivity index is 1.61. The van der Waals surface area contributed by atoms with Crippen LogP contribution in [0.1, 0.15) is 22.3 Å². The van der Waals surface area contributed by atoms with E-state index in [0.717, 1.165) is 24.3 Å². The fourth-order valence-electron chi connectivity index (χ4n) is 5.43. The quantitative estimate of drug-likeness (QED) is 0.166. The summed E-state index contributed by atoms with van der Waals surface area (Å²) >= 11 is 0. The van der Waals surface area contributed by atoms with Gasteiger partial charge in [-0.05, 0) is 89.0 Å². The third-order valence-electron chi connectivity index (χ3n) is 7.69. The SMILES string of the molecule is FC(F)(F)c1ccc(-c2ccc3c(c2)c2cc(-c4ccc(C(F)(F)F)cc4)ccc2n3-c2cc(C(F)(F)F)cc(C(F)(F)F)c2)cc1. The van der Waals surface area contributed by atoms with E-state index < -0.39 is 52.6 Å². The minimum Gasteiger partial charge on any atom is -0.309 e. The van der Waals surface area contributed by atoms with Crippen LogP contribution in [0.25, 0.3) is 49.7 Å². The van der Waals surface area contributed by atoms with Crippen LogP contribution in [0, 0.1) is 0 Å². The molecule has 0 aliphatic rings. The van der Waals surface area contributed by atoms with Crippen molar-refractivity contribution < 1.29 is 52.7 Å². The monoisotopic (exact) mass is 667 g/mol. The second-order valence-corrected chi connectivity index (χ2v) is 10.7. The molecule has 0 amide bonds. The highest BCUT2D eigenvalue weighted by Gasteiger charge is 2.37. The molecule has 0 N–H and O–H groups in total. The minimum absolute atomic E-state index is 0.00279. The number of aromatic nitrogens is 1. The normalized spacial score (nSPS) is 13.1. The highest BCUT2D eigenvalue weighted by molar-refractivity contribution is 6.11. The summed E-state index contributed by atoms with van der Waals surface area (Å²) in [5, 5.41) is 0.634. The van der Waals surface area contributed by atoms with E-state index in [1.165, 1.54) is 65.2 Å². The number of alkyl halides is 12. The Morgan fingerprint density at radius 1 is 0.319 bits per heavy atom. The molecule has 0 unspecified atom stereocenters. The average Bonchev–Trinajstić information content (AvgIpc) is 3.32. The van der Waals surface area contributed by atoms with Gasteiger partial charge in [-0.3, -0.25) is 0 Å². The van der Waals surface area contributed by atoms with Gasteiger partial charge in [-0.15, -0.1) is 0 Å². The lowest BCUT2D eigenvalue weighted by Crippen LogP contribution is -2.12. The van der Waals surface area contributed by atoms with Crippen molar-refractivity contribution in [3.8, 4) is 27.9 Å². The molecular weight excluding hydrogens is 650 g/mol. The summed E-state index contributed by atoms with van der Waals surface area (Å²) in [6.45, 7) is 0. The fourth-order valence-corrected chi connectivity index (χ4v) is 5.43. The average molecular weight is 667 g/mol. The zero-order valence-electron chi connectivity index (χ0n) is 23.3. The Bertz CT molecular complexity index is 1960. The van der Waals surface area contributed by atoms with Crippen LogP contribution in [0.4, 0.5) is 52.7 Å². The molecular formula is C34H17F12N. The van der Waals surface area contributed by atoms with Crippen LogP contribution < -0.4 is 0 Å². The molecule has 0 saturated heterocycles. The van der Waals surface area contributed by atoms with Gasteiger partial charge in [0, 0.05) is 16.5 Å². The lowest BCUT2D eigenvalue weighted by atomic mass is 9.99. The smallest absolute Gasteiger partial charge is 0.309 e. The third-order valence-corrected chi connectivity index (χ3v) is 7.69. The Morgan fingerprint density at radius 2 is 0.638 bits per heavy atom. The van der Waals surface area contributed by atoms with E-state index in [1.807, 2.05) is 0 Å². The Morgan fingerprint density at radius 3 is 0.957 bits per heavy atom. The summed E-state index contributed by atoms with van der Waals surface area (Å²) in [5.74, 6) is 0. The molecule has 0 fully saturated rings. The highest BCUT2D eigenvalue weighted by Crippen LogP contribution is 2.42. The number of hydrogen-bond donors (Lipinski definition) is 0. The van der Waals surface area contributed by atoms with Crippen LogP contribution in [-0.4, -0.2) is 4.57 Å². The molecule has 5 aromatic carbocycles. The molecule has 47 heavy (non-hydrogen) atoms. The zero-order valence-corrected chi connectivity index (χ0v) is 23.3. The molecule has 0 bridgehead atoms. The molecule has 6 rings (SSSR count). The van der Waals surface area contributed by atoms with E-state index in [4.69, 9.17) is 0 Å². The number of hydrogen-bond acceptors (Lipinski definition) is 0. The van der Waals surface area contributed by atoms with Crippen LogP contribution in [0.2, 0.25) is 0 Å². The van der Waals surface area contributed by atoms with Crippen LogP contribution in [0.5, 0.6) is 0 Å². The van der Waals surface area contributed by atoms with Crippen LogP contribution >= 0.6 is 0 Å². The van der Waals surface area contributed by atoms with E-state index in [1.54, 1.807) is 0 Å². The van der Waals surface area contributed by atoms with Crippen LogP contribution in [-0.2, 0) is 24.7 Å². The molecule has 1 heterocycles. The molecule has 0 atom stereocenters. The molecule has 13 heteroatoms. The Kier molecular flexibility index (Phi) is 7.37. The molecule has 1 nitrogen and oxygen atoms in total. The summed E-state index contributed by atoms with van der Waals surface area (Å²) in [6.07, 6.45) is -19.4. The van der Waals surface area contributed by atoms with Gasteiger partial charge in [-0.2, -0.15) is 52.7 Å². The number of rotatable bonds is 3. The lowest BCUT2D eigenvalue weighted by molar-refractivity contribution is -0.143. The summed E-state index contributed by atoms with van der Waals surface area (Å²) in [5.41, 5.74) is -3.51. The first kappa shape index (κ1) is 32.0. The van der Waals surface area contributed by atoms with Gasteiger partial charge in [-0.25, -0.2) is 0 Å². The standard InChI is InChI=1S/C34H17F12N/c35-31(36,37)22-7-1-18(2-8-22)20-5-11-29-27(13-20)28-14-21(19-3-9-23(10-4-19)32(38,39)40)6-12-30(28)47(29)26-16-24(33(41,42)43)15-25(17-26)34(44,45)46/h1-17H. The maximum absolute atomic E-state index is 13.8. The van der Waals surface area contributed by atoms with Gasteiger partial charge in [0.05, 0.1) is 33.3 Å². The second-order valence-electron chi connectivity index (χ2n) is 10.7. The predicted octanol–water partition coefficient (Wildman–Crippen LogP) is 12.2. The first-order chi connectivity index (χ1) is 21.8. The minimum atomic E-state index is -5.12. The summed E-state index contributed by atoms with van der Waals surface area (Å²) in [6, 6.07) is 18.4. The third kappa shape index (κ3) is 6.13. The number of halogens is 12. The van der Waals surface area contributed by atoms with E-state index in [-0.39, 0.29) is 17.1 Å². The van der Waals surface area contributed by atoms with E-state index >= 15 is 0 Å². The van der Waals surface area contributed by atoms with E-state index in [2.05, 4.69) is 0 Å². The Labute approximate surface area is 257 Å². The largest absolute Gasteiger partial charge is 0.416 e. The van der Waals surface area contributed by atoms with Crippen molar-refractivity contribution in [3.63, 3.8) is 0 Å². The molecule has 0 radical (unpaired) electrons. The van der Waals surface area contributed by atoms with Crippen molar-refractivity contribution in [1.82, 2.24) is 4.57 Å². The van der Waals surface area contributed by atoms with Crippen molar-refractivity contribution in [2.75, 3.05) is 0 Å². The first-order valence-corrected chi connectivity index (χ1v) is 13.5. The van der Waals surface area contributed by atoms with Crippen molar-refractivity contribution in [1.29, 1.82) is 0 Å². The van der Waals surface area contributed by atoms with Crippen molar-refractivity contribution >= 4 is 21.8 Å². The Hall–Kier alpha value is -4.94. The van der Waals surface area contributed by atoms with Gasteiger partial charge in [0.2, 0.25) is 0 Å². The van der Waals surface area contributed by atoms with Crippen molar-refractivity contribution in [2.24, 2.45) is 0 Å². The number of nitrogens with zero attached hydrogens (tertiary/aromatic N) is 1. The van der Waals surface area contributed by atoms with Crippen molar-refractivity contribution in [3.05, 3.63) is 125 Å². The van der Waals surface area contributed by atoms with Gasteiger partial charge in [0.1, 0.15) is 0 Å². The fraction of sp³-hybridized carbons (Fsp3) is 0.118. The summed E-state index contributed by atoms with van der Waals surface area (Å²) in [4.78, 5) is 0. The van der Waals surface area contributed by atoms with Gasteiger partial charge in [0.25, 0.3) is 0 Å². The van der Waals surface area contributed by atoms with Gasteiger partial charge < -0.3 is 4.57 Å². The second kappa shape index (κ2) is 10.8. The topological polar surface area (TPSA) is 4.93 Å². The van der Waals surface area contributed by atoms with Gasteiger partial charge >= 0.3 is 24.7 Å². The van der Waals surface area contributed by atoms with Gasteiger partial charge in [-0.1, -0.05) is 36.4 Å². The predicted molar refractivity (Wildman–Crippen MR) is 152 cm³/mol. The highest BCUT2D eigenvalue weighted by atomic mass is 19.4. The molecule has 0 aliphatic carbocycles. The molecule has 6 aromatic rings. The molecule has 0 spiro atoms. The van der Waals surface area contributed by atoms with E-state index in [0.29, 0.717) is 45.2 Å². The number of benzene rings is 5. The molecule has 0 aliphatic heterocycles. The lowest BCUT2D eigenvalue weighted by Gasteiger charge is -2.16. The summed E-state index contributed by atoms with van der Waals surface area (Å²) in [7, 11) is 0. The molecule has 242 valence electrons. The number of fused-ring (bicyclic) bond motifs is 3. The molecule has 1 aromatic heterocycles. The molecule has 0 saturated carbocycles. The maximum Gasteiger partial charge on any atom is 0.416 e. The van der Waals surface area contributed by atoms with Crippen LogP contribution in [0.15, 0.2) is 103 Å². The summed E-state index contributed by atoms with van der Waals surface area (Å²) < 4.78 is 163. The van der Waals surface area contributed by atoms with E-state index in [9.17, 15) is 52.7 Å². The van der Waals surface area contributed by atoms with Crippen molar-refractivity contribution in [2.45, 2.75) is 24.7 Å².